The number of H-pyrrole nitrogens is 1. The predicted molar refractivity (Wildman–Crippen MR) is 85.6 cm³/mol. The van der Waals surface area contributed by atoms with E-state index in [0.29, 0.717) is 36.4 Å². The molecule has 0 bridgehead atoms. The molecule has 1 aromatic carbocycles. The lowest BCUT2D eigenvalue weighted by Crippen LogP contribution is -2.15. The van der Waals surface area contributed by atoms with E-state index >= 15 is 0 Å². The number of aromatic nitrogens is 2. The van der Waals surface area contributed by atoms with Gasteiger partial charge in [-0.25, -0.2) is 4.98 Å². The van der Waals surface area contributed by atoms with E-state index in [1.807, 2.05) is 36.4 Å². The van der Waals surface area contributed by atoms with E-state index < -0.39 is 5.56 Å². The maximum atomic E-state index is 12.0. The Morgan fingerprint density at radius 3 is 2.77 bits per heavy atom. The second kappa shape index (κ2) is 8.34. The van der Waals surface area contributed by atoms with Crippen LogP contribution in [0, 0.1) is 11.3 Å². The van der Waals surface area contributed by atoms with Crippen molar-refractivity contribution in [2.24, 2.45) is 5.73 Å². The van der Waals surface area contributed by atoms with E-state index in [2.05, 4.69) is 9.97 Å². The Balaban J connectivity index is 2.22. The van der Waals surface area contributed by atoms with Gasteiger partial charge in [0.05, 0.1) is 18.9 Å². The van der Waals surface area contributed by atoms with Gasteiger partial charge in [0.15, 0.2) is 5.16 Å². The van der Waals surface area contributed by atoms with Crippen molar-refractivity contribution in [3.8, 4) is 17.3 Å². The van der Waals surface area contributed by atoms with Crippen molar-refractivity contribution in [3.05, 3.63) is 46.2 Å². The molecule has 1 aromatic heterocycles. The van der Waals surface area contributed by atoms with Crippen molar-refractivity contribution in [1.29, 1.82) is 5.26 Å². The van der Waals surface area contributed by atoms with Crippen LogP contribution in [0.25, 0.3) is 11.3 Å². The van der Waals surface area contributed by atoms with Crippen LogP contribution in [0.4, 0.5) is 0 Å². The molecule has 1 heterocycles. The quantitative estimate of drug-likeness (QED) is 0.454. The fourth-order valence-electron chi connectivity index (χ4n) is 1.81. The first-order valence-electron chi connectivity index (χ1n) is 6.76. The number of nitrogens with zero attached hydrogens (tertiary/aromatic N) is 2. The van der Waals surface area contributed by atoms with E-state index in [0.717, 1.165) is 5.56 Å². The smallest absolute Gasteiger partial charge is 0.270 e. The lowest BCUT2D eigenvalue weighted by Gasteiger charge is -2.06. The first-order chi connectivity index (χ1) is 10.8. The van der Waals surface area contributed by atoms with Crippen molar-refractivity contribution >= 4 is 11.8 Å². The van der Waals surface area contributed by atoms with Crippen LogP contribution >= 0.6 is 11.8 Å². The molecule has 0 atom stereocenters. The molecule has 7 heteroatoms. The molecule has 0 saturated heterocycles. The largest absolute Gasteiger partial charge is 0.379 e. The molecule has 0 spiro atoms. The maximum absolute atomic E-state index is 12.0. The van der Waals surface area contributed by atoms with Crippen molar-refractivity contribution in [1.82, 2.24) is 9.97 Å². The summed E-state index contributed by atoms with van der Waals surface area (Å²) >= 11 is 1.37. The van der Waals surface area contributed by atoms with Gasteiger partial charge in [-0.2, -0.15) is 5.26 Å². The summed E-state index contributed by atoms with van der Waals surface area (Å²) in [4.78, 5) is 19.0. The summed E-state index contributed by atoms with van der Waals surface area (Å²) in [7, 11) is 0. The zero-order valence-corrected chi connectivity index (χ0v) is 12.7. The fraction of sp³-hybridized carbons (Fsp3) is 0.267. The van der Waals surface area contributed by atoms with Crippen molar-refractivity contribution in [2.75, 3.05) is 25.5 Å². The van der Waals surface area contributed by atoms with Gasteiger partial charge in [0, 0.05) is 17.9 Å². The highest BCUT2D eigenvalue weighted by Gasteiger charge is 2.13. The Morgan fingerprint density at radius 1 is 1.32 bits per heavy atom. The minimum absolute atomic E-state index is 0.0231. The third-order valence-electron chi connectivity index (χ3n) is 2.79. The fourth-order valence-corrected chi connectivity index (χ4v) is 2.53. The highest BCUT2D eigenvalue weighted by molar-refractivity contribution is 7.99. The molecular formula is C15H16N4O2S. The molecule has 0 unspecified atom stereocenters. The number of thioether (sulfide) groups is 1. The molecule has 0 fully saturated rings. The Hall–Kier alpha value is -2.14. The summed E-state index contributed by atoms with van der Waals surface area (Å²) in [6, 6.07) is 11.1. The Kier molecular flexibility index (Phi) is 6.15. The van der Waals surface area contributed by atoms with Gasteiger partial charge in [0.25, 0.3) is 5.56 Å². The SMILES string of the molecule is N#Cc1c(-c2ccccc2)nc(SCCOCCN)[nH]c1=O. The first kappa shape index (κ1) is 16.2. The first-order valence-corrected chi connectivity index (χ1v) is 7.75. The number of rotatable bonds is 7. The highest BCUT2D eigenvalue weighted by atomic mass is 32.2. The van der Waals surface area contributed by atoms with Gasteiger partial charge in [0.1, 0.15) is 11.6 Å². The van der Waals surface area contributed by atoms with E-state index in [1.54, 1.807) is 0 Å². The van der Waals surface area contributed by atoms with Crippen LogP contribution in [0.3, 0.4) is 0 Å². The summed E-state index contributed by atoms with van der Waals surface area (Å²) in [5, 5.41) is 9.65. The zero-order chi connectivity index (χ0) is 15.8. The van der Waals surface area contributed by atoms with Crippen LogP contribution in [-0.4, -0.2) is 35.5 Å². The number of hydrogen-bond acceptors (Lipinski definition) is 6. The molecule has 0 aliphatic rings. The average Bonchev–Trinajstić information content (AvgIpc) is 2.55. The molecule has 6 nitrogen and oxygen atoms in total. The molecule has 0 aliphatic carbocycles. The molecular weight excluding hydrogens is 300 g/mol. The van der Waals surface area contributed by atoms with Gasteiger partial charge in [-0.15, -0.1) is 0 Å². The summed E-state index contributed by atoms with van der Waals surface area (Å²) in [5.41, 5.74) is 6.07. The predicted octanol–water partition coefficient (Wildman–Crippen LogP) is 1.38. The second-order valence-electron chi connectivity index (χ2n) is 4.32. The summed E-state index contributed by atoms with van der Waals surface area (Å²) < 4.78 is 5.28. The third kappa shape index (κ3) is 4.18. The van der Waals surface area contributed by atoms with E-state index in [-0.39, 0.29) is 5.56 Å². The van der Waals surface area contributed by atoms with Gasteiger partial charge in [-0.05, 0) is 0 Å². The number of aromatic amines is 1. The van der Waals surface area contributed by atoms with Crippen LogP contribution in [0.1, 0.15) is 5.56 Å². The number of nitrogens with two attached hydrogens (primary N) is 1. The van der Waals surface area contributed by atoms with Crippen LogP contribution in [0.15, 0.2) is 40.3 Å². The minimum Gasteiger partial charge on any atom is -0.379 e. The molecule has 0 radical (unpaired) electrons. The van der Waals surface area contributed by atoms with E-state index in [1.165, 1.54) is 11.8 Å². The Bertz CT molecular complexity index is 710. The van der Waals surface area contributed by atoms with Crippen LogP contribution < -0.4 is 11.3 Å². The molecule has 0 amide bonds. The van der Waals surface area contributed by atoms with Gasteiger partial charge < -0.3 is 15.5 Å². The van der Waals surface area contributed by atoms with Crippen molar-refractivity contribution < 1.29 is 4.74 Å². The molecule has 0 saturated carbocycles. The topological polar surface area (TPSA) is 105 Å². The second-order valence-corrected chi connectivity index (χ2v) is 5.41. The highest BCUT2D eigenvalue weighted by Crippen LogP contribution is 2.21. The van der Waals surface area contributed by atoms with Gasteiger partial charge in [-0.3, -0.25) is 4.79 Å². The van der Waals surface area contributed by atoms with Crippen molar-refractivity contribution in [2.45, 2.75) is 5.16 Å². The van der Waals surface area contributed by atoms with Crippen LogP contribution in [-0.2, 0) is 4.74 Å². The lowest BCUT2D eigenvalue weighted by atomic mass is 10.1. The summed E-state index contributed by atoms with van der Waals surface area (Å²) in [6.45, 7) is 1.51. The Labute approximate surface area is 132 Å². The number of hydrogen-bond donors (Lipinski definition) is 2. The van der Waals surface area contributed by atoms with Crippen LogP contribution in [0.2, 0.25) is 0 Å². The summed E-state index contributed by atoms with van der Waals surface area (Å²) in [5.74, 6) is 0.642. The standard InChI is InChI=1S/C15H16N4O2S/c16-6-7-21-8-9-22-15-18-13(11-4-2-1-3-5-11)12(10-17)14(20)19-15/h1-5H,6-9,16H2,(H,18,19,20). The monoisotopic (exact) mass is 316 g/mol. The zero-order valence-electron chi connectivity index (χ0n) is 11.9. The molecule has 2 aromatic rings. The maximum Gasteiger partial charge on any atom is 0.270 e. The van der Waals surface area contributed by atoms with Gasteiger partial charge >= 0.3 is 0 Å². The average molecular weight is 316 g/mol. The van der Waals surface area contributed by atoms with E-state index in [9.17, 15) is 10.1 Å². The van der Waals surface area contributed by atoms with Gasteiger partial charge in [-0.1, -0.05) is 42.1 Å². The molecule has 3 N–H and O–H groups in total. The van der Waals surface area contributed by atoms with Crippen molar-refractivity contribution in [3.63, 3.8) is 0 Å². The molecule has 114 valence electrons. The number of nitrogens with one attached hydrogen (secondary N) is 1. The number of nitriles is 1. The Morgan fingerprint density at radius 2 is 2.09 bits per heavy atom. The number of benzene rings is 1. The summed E-state index contributed by atoms with van der Waals surface area (Å²) in [6.07, 6.45) is 0. The van der Waals surface area contributed by atoms with Gasteiger partial charge in [0.2, 0.25) is 0 Å². The normalized spacial score (nSPS) is 10.4. The lowest BCUT2D eigenvalue weighted by molar-refractivity contribution is 0.158. The molecule has 2 rings (SSSR count). The molecule has 22 heavy (non-hydrogen) atoms. The molecule has 0 aliphatic heterocycles. The third-order valence-corrected chi connectivity index (χ3v) is 3.62. The number of ether oxygens (including phenoxy) is 1. The van der Waals surface area contributed by atoms with E-state index in [4.69, 9.17) is 10.5 Å². The van der Waals surface area contributed by atoms with Crippen LogP contribution in [0.5, 0.6) is 0 Å². The minimum atomic E-state index is -0.429.